The van der Waals surface area contributed by atoms with Crippen molar-refractivity contribution in [1.29, 1.82) is 0 Å². The van der Waals surface area contributed by atoms with Gasteiger partial charge in [0.25, 0.3) is 0 Å². The third-order valence-corrected chi connectivity index (χ3v) is 9.87. The normalized spacial score (nSPS) is 15.5. The highest BCUT2D eigenvalue weighted by Gasteiger charge is 2.26. The van der Waals surface area contributed by atoms with Gasteiger partial charge < -0.3 is 5.32 Å². The van der Waals surface area contributed by atoms with Crippen LogP contribution in [0, 0.1) is 0 Å². The lowest BCUT2D eigenvalue weighted by atomic mass is 10.2. The van der Waals surface area contributed by atoms with Crippen molar-refractivity contribution in [2.75, 3.05) is 26.2 Å². The second-order valence-electron chi connectivity index (χ2n) is 7.77. The van der Waals surface area contributed by atoms with Crippen molar-refractivity contribution in [3.05, 3.63) is 58.6 Å². The number of hydrogen-bond donors (Lipinski definition) is 1. The number of benzene rings is 2. The molecule has 0 bridgehead atoms. The first kappa shape index (κ1) is 25.8. The van der Waals surface area contributed by atoms with Gasteiger partial charge in [-0.1, -0.05) is 41.4 Å². The zero-order valence-corrected chi connectivity index (χ0v) is 21.6. The Morgan fingerprint density at radius 1 is 0.939 bits per heavy atom. The molecule has 1 heterocycles. The van der Waals surface area contributed by atoms with Crippen LogP contribution >= 0.6 is 15.9 Å². The Kier molecular flexibility index (Phi) is 8.68. The molecule has 0 atom stereocenters. The molecule has 33 heavy (non-hydrogen) atoms. The van der Waals surface area contributed by atoms with Crippen LogP contribution in [0.1, 0.15) is 31.7 Å². The molecule has 8 nitrogen and oxygen atoms in total. The molecule has 180 valence electrons. The smallest absolute Gasteiger partial charge is 0.243 e. The predicted molar refractivity (Wildman–Crippen MR) is 129 cm³/mol. The van der Waals surface area contributed by atoms with Crippen molar-refractivity contribution in [3.63, 3.8) is 0 Å². The molecular weight excluding hydrogens is 530 g/mol. The molecule has 1 amide bonds. The lowest BCUT2D eigenvalue weighted by Crippen LogP contribution is -2.40. The van der Waals surface area contributed by atoms with E-state index in [4.69, 9.17) is 0 Å². The summed E-state index contributed by atoms with van der Waals surface area (Å²) in [4.78, 5) is 12.8. The van der Waals surface area contributed by atoms with Crippen molar-refractivity contribution in [2.45, 2.75) is 42.5 Å². The Hall–Kier alpha value is -1.79. The number of carbonyl (C=O) groups excluding carboxylic acids is 1. The summed E-state index contributed by atoms with van der Waals surface area (Å²) in [7, 11) is -7.30. The van der Waals surface area contributed by atoms with E-state index < -0.39 is 26.0 Å². The Morgan fingerprint density at radius 3 is 2.09 bits per heavy atom. The van der Waals surface area contributed by atoms with Gasteiger partial charge in [0, 0.05) is 30.7 Å². The third kappa shape index (κ3) is 6.42. The zero-order valence-electron chi connectivity index (χ0n) is 18.4. The quantitative estimate of drug-likeness (QED) is 0.510. The van der Waals surface area contributed by atoms with Gasteiger partial charge >= 0.3 is 0 Å². The van der Waals surface area contributed by atoms with Crippen LogP contribution < -0.4 is 5.32 Å². The van der Waals surface area contributed by atoms with E-state index in [0.717, 1.165) is 33.6 Å². The van der Waals surface area contributed by atoms with E-state index in [0.29, 0.717) is 13.1 Å². The molecule has 1 aliphatic heterocycles. The summed E-state index contributed by atoms with van der Waals surface area (Å²) in [6, 6.07) is 12.6. The molecule has 0 radical (unpaired) electrons. The number of piperidine rings is 1. The molecule has 11 heteroatoms. The van der Waals surface area contributed by atoms with Gasteiger partial charge in [0.05, 0.1) is 16.3 Å². The van der Waals surface area contributed by atoms with E-state index >= 15 is 0 Å². The second kappa shape index (κ2) is 11.1. The largest absolute Gasteiger partial charge is 0.351 e. The number of rotatable bonds is 9. The van der Waals surface area contributed by atoms with Crippen molar-refractivity contribution < 1.29 is 21.6 Å². The molecular formula is C22H28BrN3O5S2. The number of hydrogen-bond acceptors (Lipinski definition) is 5. The van der Waals surface area contributed by atoms with Crippen LogP contribution in [0.2, 0.25) is 0 Å². The number of amides is 1. The number of sulfonamides is 2. The van der Waals surface area contributed by atoms with Gasteiger partial charge in [-0.05, 0) is 54.8 Å². The summed E-state index contributed by atoms with van der Waals surface area (Å²) in [6.07, 6.45) is 2.79. The topological polar surface area (TPSA) is 104 Å². The van der Waals surface area contributed by atoms with Crippen LogP contribution in [-0.4, -0.2) is 57.5 Å². The Bertz CT molecular complexity index is 1160. The van der Waals surface area contributed by atoms with E-state index in [1.165, 1.54) is 16.4 Å². The number of likely N-dealkylation sites (N-methyl/N-ethyl adjacent to an activating group) is 1. The van der Waals surface area contributed by atoms with E-state index in [-0.39, 0.29) is 29.4 Å². The van der Waals surface area contributed by atoms with E-state index in [9.17, 15) is 21.6 Å². The fourth-order valence-electron chi connectivity index (χ4n) is 3.57. The van der Waals surface area contributed by atoms with Crippen LogP contribution in [0.15, 0.2) is 62.8 Å². The molecule has 0 saturated carbocycles. The van der Waals surface area contributed by atoms with E-state index in [1.54, 1.807) is 43.3 Å². The molecule has 1 N–H and O–H groups in total. The zero-order chi connectivity index (χ0) is 24.1. The fourth-order valence-corrected chi connectivity index (χ4v) is 6.76. The summed E-state index contributed by atoms with van der Waals surface area (Å²) >= 11 is 3.28. The van der Waals surface area contributed by atoms with Gasteiger partial charge in [-0.15, -0.1) is 0 Å². The minimum Gasteiger partial charge on any atom is -0.351 e. The van der Waals surface area contributed by atoms with Crippen LogP contribution in [-0.2, 0) is 31.4 Å². The fraction of sp³-hybridized carbons (Fsp3) is 0.409. The standard InChI is InChI=1S/C22H28BrN3O5S2/c1-2-25(32(28,29)21-12-8-19(23)9-13-21)17-22(27)24-16-18-6-10-20(11-7-18)33(30,31)26-14-4-3-5-15-26/h6-13H,2-5,14-17H2,1H3,(H,24,27). The van der Waals surface area contributed by atoms with Crippen molar-refractivity contribution in [2.24, 2.45) is 0 Å². The number of nitrogens with one attached hydrogen (secondary N) is 1. The minimum atomic E-state index is -3.80. The van der Waals surface area contributed by atoms with Crippen molar-refractivity contribution in [3.8, 4) is 0 Å². The third-order valence-electron chi connectivity index (χ3n) is 5.49. The van der Waals surface area contributed by atoms with Gasteiger partial charge in [-0.2, -0.15) is 8.61 Å². The summed E-state index contributed by atoms with van der Waals surface area (Å²) in [5.74, 6) is -0.442. The number of carbonyl (C=O) groups is 1. The molecule has 0 unspecified atom stereocenters. The van der Waals surface area contributed by atoms with E-state index in [2.05, 4.69) is 21.2 Å². The monoisotopic (exact) mass is 557 g/mol. The Morgan fingerprint density at radius 2 is 1.52 bits per heavy atom. The molecule has 0 aromatic heterocycles. The highest BCUT2D eigenvalue weighted by molar-refractivity contribution is 9.10. The number of halogens is 1. The van der Waals surface area contributed by atoms with Crippen LogP contribution in [0.3, 0.4) is 0 Å². The summed E-state index contributed by atoms with van der Waals surface area (Å²) in [6.45, 7) is 2.75. The molecule has 1 saturated heterocycles. The van der Waals surface area contributed by atoms with Gasteiger partial charge in [-0.25, -0.2) is 16.8 Å². The summed E-state index contributed by atoms with van der Waals surface area (Å²) in [5.41, 5.74) is 0.722. The maximum atomic E-state index is 12.8. The van der Waals surface area contributed by atoms with Gasteiger partial charge in [0.15, 0.2) is 0 Å². The van der Waals surface area contributed by atoms with E-state index in [1.807, 2.05) is 0 Å². The summed E-state index contributed by atoms with van der Waals surface area (Å²) in [5, 5.41) is 2.71. The Labute approximate surface area is 204 Å². The maximum Gasteiger partial charge on any atom is 0.243 e. The molecule has 2 aromatic carbocycles. The highest BCUT2D eigenvalue weighted by Crippen LogP contribution is 2.21. The highest BCUT2D eigenvalue weighted by atomic mass is 79.9. The minimum absolute atomic E-state index is 0.117. The first-order valence-corrected chi connectivity index (χ1v) is 14.4. The summed E-state index contributed by atoms with van der Waals surface area (Å²) < 4.78 is 54.5. The van der Waals surface area contributed by atoms with Gasteiger partial charge in [0.1, 0.15) is 0 Å². The predicted octanol–water partition coefficient (Wildman–Crippen LogP) is 2.95. The average molecular weight is 559 g/mol. The molecule has 2 aromatic rings. The second-order valence-corrected chi connectivity index (χ2v) is 12.6. The Balaban J connectivity index is 1.59. The SMILES string of the molecule is CCN(CC(=O)NCc1ccc(S(=O)(=O)N2CCCCC2)cc1)S(=O)(=O)c1ccc(Br)cc1. The first-order chi connectivity index (χ1) is 15.6. The molecule has 3 rings (SSSR count). The molecule has 1 fully saturated rings. The molecule has 1 aliphatic rings. The van der Waals surface area contributed by atoms with Gasteiger partial charge in [0.2, 0.25) is 26.0 Å². The first-order valence-electron chi connectivity index (χ1n) is 10.8. The van der Waals surface area contributed by atoms with Crippen molar-refractivity contribution in [1.82, 2.24) is 13.9 Å². The van der Waals surface area contributed by atoms with Gasteiger partial charge in [-0.3, -0.25) is 4.79 Å². The lowest BCUT2D eigenvalue weighted by molar-refractivity contribution is -0.121. The molecule has 0 spiro atoms. The number of nitrogens with zero attached hydrogens (tertiary/aromatic N) is 2. The van der Waals surface area contributed by atoms with Crippen molar-refractivity contribution >= 4 is 41.9 Å². The maximum absolute atomic E-state index is 12.8. The lowest BCUT2D eigenvalue weighted by Gasteiger charge is -2.25. The van der Waals surface area contributed by atoms with Crippen LogP contribution in [0.25, 0.3) is 0 Å². The average Bonchev–Trinajstić information content (AvgIpc) is 2.82. The van der Waals surface area contributed by atoms with Crippen LogP contribution in [0.5, 0.6) is 0 Å². The molecule has 0 aliphatic carbocycles. The van der Waals surface area contributed by atoms with Crippen LogP contribution in [0.4, 0.5) is 0 Å².